The SMILES string of the molecule is CN(C)/N=C\c1ccc(OC(=O)c2ccccc2Cl)cc1. The summed E-state index contributed by atoms with van der Waals surface area (Å²) in [5.41, 5.74) is 1.26. The molecule has 0 saturated heterocycles. The molecular weight excluding hydrogens is 288 g/mol. The van der Waals surface area contributed by atoms with E-state index in [0.29, 0.717) is 16.3 Å². The lowest BCUT2D eigenvalue weighted by atomic mass is 10.2. The maximum atomic E-state index is 12.0. The Bertz CT molecular complexity index is 652. The number of esters is 1. The molecule has 0 bridgehead atoms. The molecule has 0 aliphatic heterocycles. The number of nitrogens with zero attached hydrogens (tertiary/aromatic N) is 2. The van der Waals surface area contributed by atoms with Gasteiger partial charge in [-0.1, -0.05) is 23.7 Å². The maximum absolute atomic E-state index is 12.0. The van der Waals surface area contributed by atoms with E-state index in [-0.39, 0.29) is 0 Å². The van der Waals surface area contributed by atoms with Crippen LogP contribution in [0, 0.1) is 0 Å². The van der Waals surface area contributed by atoms with Crippen molar-refractivity contribution in [1.82, 2.24) is 5.01 Å². The number of carbonyl (C=O) groups is 1. The highest BCUT2D eigenvalue weighted by molar-refractivity contribution is 6.33. The lowest BCUT2D eigenvalue weighted by molar-refractivity contribution is 0.0735. The van der Waals surface area contributed by atoms with Crippen molar-refractivity contribution < 1.29 is 9.53 Å². The smallest absolute Gasteiger partial charge is 0.345 e. The predicted octanol–water partition coefficient (Wildman–Crippen LogP) is 3.45. The van der Waals surface area contributed by atoms with Crippen LogP contribution >= 0.6 is 11.6 Å². The molecule has 0 saturated carbocycles. The average molecular weight is 303 g/mol. The molecule has 108 valence electrons. The Balaban J connectivity index is 2.07. The van der Waals surface area contributed by atoms with E-state index in [0.717, 1.165) is 5.56 Å². The van der Waals surface area contributed by atoms with Crippen LogP contribution in [0.15, 0.2) is 53.6 Å². The van der Waals surface area contributed by atoms with Crippen LogP contribution in [-0.2, 0) is 0 Å². The highest BCUT2D eigenvalue weighted by Gasteiger charge is 2.11. The first-order valence-electron chi connectivity index (χ1n) is 6.34. The van der Waals surface area contributed by atoms with E-state index in [1.807, 2.05) is 26.2 Å². The minimum Gasteiger partial charge on any atom is -0.423 e. The third kappa shape index (κ3) is 4.33. The van der Waals surface area contributed by atoms with E-state index in [9.17, 15) is 4.79 Å². The van der Waals surface area contributed by atoms with E-state index >= 15 is 0 Å². The van der Waals surface area contributed by atoms with Crippen LogP contribution in [0.4, 0.5) is 0 Å². The van der Waals surface area contributed by atoms with Crippen molar-refractivity contribution in [3.05, 3.63) is 64.7 Å². The Hall–Kier alpha value is -2.33. The van der Waals surface area contributed by atoms with Gasteiger partial charge in [0.05, 0.1) is 16.8 Å². The maximum Gasteiger partial charge on any atom is 0.345 e. The molecule has 0 spiro atoms. The summed E-state index contributed by atoms with van der Waals surface area (Å²) < 4.78 is 5.28. The highest BCUT2D eigenvalue weighted by Crippen LogP contribution is 2.18. The van der Waals surface area contributed by atoms with Gasteiger partial charge in [0, 0.05) is 14.1 Å². The molecule has 0 aliphatic carbocycles. The standard InChI is InChI=1S/C16H15ClN2O2/c1-19(2)18-11-12-7-9-13(10-8-12)21-16(20)14-5-3-4-6-15(14)17/h3-11H,1-2H3/b18-11-. The second kappa shape index (κ2) is 6.90. The summed E-state index contributed by atoms with van der Waals surface area (Å²) in [6.07, 6.45) is 1.72. The molecule has 0 amide bonds. The quantitative estimate of drug-likeness (QED) is 0.376. The van der Waals surface area contributed by atoms with Crippen molar-refractivity contribution in [3.63, 3.8) is 0 Å². The second-order valence-electron chi connectivity index (χ2n) is 4.53. The van der Waals surface area contributed by atoms with Gasteiger partial charge in [-0.3, -0.25) is 0 Å². The number of ether oxygens (including phenoxy) is 1. The summed E-state index contributed by atoms with van der Waals surface area (Å²) in [5, 5.41) is 6.20. The van der Waals surface area contributed by atoms with E-state index in [4.69, 9.17) is 16.3 Å². The van der Waals surface area contributed by atoms with Crippen molar-refractivity contribution in [2.75, 3.05) is 14.1 Å². The van der Waals surface area contributed by atoms with Crippen LogP contribution in [0.5, 0.6) is 5.75 Å². The van der Waals surface area contributed by atoms with Gasteiger partial charge in [-0.05, 0) is 42.0 Å². The fourth-order valence-corrected chi connectivity index (χ4v) is 1.81. The fourth-order valence-electron chi connectivity index (χ4n) is 1.59. The van der Waals surface area contributed by atoms with E-state index in [1.54, 1.807) is 47.6 Å². The van der Waals surface area contributed by atoms with Gasteiger partial charge in [0.25, 0.3) is 0 Å². The first-order chi connectivity index (χ1) is 10.1. The van der Waals surface area contributed by atoms with Gasteiger partial charge < -0.3 is 9.75 Å². The Morgan fingerprint density at radius 3 is 2.43 bits per heavy atom. The predicted molar refractivity (Wildman–Crippen MR) is 84.1 cm³/mol. The number of hydrogen-bond acceptors (Lipinski definition) is 4. The first-order valence-corrected chi connectivity index (χ1v) is 6.72. The van der Waals surface area contributed by atoms with E-state index in [1.165, 1.54) is 0 Å². The van der Waals surface area contributed by atoms with Crippen molar-refractivity contribution in [2.45, 2.75) is 0 Å². The van der Waals surface area contributed by atoms with Gasteiger partial charge in [0.15, 0.2) is 0 Å². The third-order valence-electron chi connectivity index (χ3n) is 2.62. The molecule has 2 aromatic carbocycles. The average Bonchev–Trinajstić information content (AvgIpc) is 2.47. The van der Waals surface area contributed by atoms with E-state index in [2.05, 4.69) is 5.10 Å². The Labute approximate surface area is 128 Å². The van der Waals surface area contributed by atoms with Crippen LogP contribution in [0.2, 0.25) is 5.02 Å². The molecule has 0 N–H and O–H groups in total. The molecular formula is C16H15ClN2O2. The van der Waals surface area contributed by atoms with Crippen molar-refractivity contribution in [3.8, 4) is 5.75 Å². The van der Waals surface area contributed by atoms with Crippen molar-refractivity contribution >= 4 is 23.8 Å². The van der Waals surface area contributed by atoms with Crippen LogP contribution < -0.4 is 4.74 Å². The number of rotatable bonds is 4. The third-order valence-corrected chi connectivity index (χ3v) is 2.95. The highest BCUT2D eigenvalue weighted by atomic mass is 35.5. The zero-order valence-electron chi connectivity index (χ0n) is 11.8. The second-order valence-corrected chi connectivity index (χ2v) is 4.94. The number of hydrazone groups is 1. The van der Waals surface area contributed by atoms with Crippen molar-refractivity contribution in [1.29, 1.82) is 0 Å². The van der Waals surface area contributed by atoms with Gasteiger partial charge in [0.2, 0.25) is 0 Å². The molecule has 21 heavy (non-hydrogen) atoms. The summed E-state index contributed by atoms with van der Waals surface area (Å²) >= 11 is 5.96. The van der Waals surface area contributed by atoms with Crippen LogP contribution in [-0.4, -0.2) is 31.3 Å². The summed E-state index contributed by atoms with van der Waals surface area (Å²) in [6, 6.07) is 13.9. The zero-order chi connectivity index (χ0) is 15.2. The minimum atomic E-state index is -0.477. The molecule has 2 rings (SSSR count). The largest absolute Gasteiger partial charge is 0.423 e. The molecule has 0 aliphatic rings. The number of benzene rings is 2. The number of carbonyl (C=O) groups excluding carboxylic acids is 1. The van der Waals surface area contributed by atoms with Gasteiger partial charge in [-0.15, -0.1) is 0 Å². The zero-order valence-corrected chi connectivity index (χ0v) is 12.5. The molecule has 2 aromatic rings. The lowest BCUT2D eigenvalue weighted by Crippen LogP contribution is -2.09. The Morgan fingerprint density at radius 2 is 1.81 bits per heavy atom. The molecule has 0 aromatic heterocycles. The lowest BCUT2D eigenvalue weighted by Gasteiger charge is -2.06. The minimum absolute atomic E-state index is 0.345. The molecule has 5 heteroatoms. The Kier molecular flexibility index (Phi) is 4.95. The number of hydrogen-bond donors (Lipinski definition) is 0. The number of halogens is 1. The molecule has 0 radical (unpaired) electrons. The van der Waals surface area contributed by atoms with Crippen LogP contribution in [0.25, 0.3) is 0 Å². The summed E-state index contributed by atoms with van der Waals surface area (Å²) in [5.74, 6) is -0.0165. The summed E-state index contributed by atoms with van der Waals surface area (Å²) in [7, 11) is 3.69. The molecule has 0 fully saturated rings. The van der Waals surface area contributed by atoms with Gasteiger partial charge in [-0.2, -0.15) is 5.10 Å². The summed E-state index contributed by atoms with van der Waals surface area (Å²) in [6.45, 7) is 0. The van der Waals surface area contributed by atoms with E-state index < -0.39 is 5.97 Å². The van der Waals surface area contributed by atoms with Crippen molar-refractivity contribution in [2.24, 2.45) is 5.10 Å². The fraction of sp³-hybridized carbons (Fsp3) is 0.125. The van der Waals surface area contributed by atoms with Gasteiger partial charge in [-0.25, -0.2) is 4.79 Å². The molecule has 4 nitrogen and oxygen atoms in total. The van der Waals surface area contributed by atoms with Crippen LogP contribution in [0.3, 0.4) is 0 Å². The van der Waals surface area contributed by atoms with Crippen LogP contribution in [0.1, 0.15) is 15.9 Å². The molecule has 0 atom stereocenters. The van der Waals surface area contributed by atoms with Gasteiger partial charge >= 0.3 is 5.97 Å². The molecule has 0 heterocycles. The van der Waals surface area contributed by atoms with Gasteiger partial charge in [0.1, 0.15) is 5.75 Å². The topological polar surface area (TPSA) is 41.9 Å². The first kappa shape index (κ1) is 15.1. The normalized spacial score (nSPS) is 10.6. The Morgan fingerprint density at radius 1 is 1.14 bits per heavy atom. The monoisotopic (exact) mass is 302 g/mol. The summed E-state index contributed by atoms with van der Waals surface area (Å²) in [4.78, 5) is 12.0. The molecule has 0 unspecified atom stereocenters.